The molecule has 5 nitrogen and oxygen atoms in total. The Morgan fingerprint density at radius 1 is 1.11 bits per heavy atom. The van der Waals surface area contributed by atoms with Crippen LogP contribution in [-0.2, 0) is 20.6 Å². The molecule has 0 aromatic heterocycles. The summed E-state index contributed by atoms with van der Waals surface area (Å²) in [7, 11) is 0. The summed E-state index contributed by atoms with van der Waals surface area (Å²) in [6.07, 6.45) is 0.147. The molecule has 1 aromatic carbocycles. The van der Waals surface area contributed by atoms with Crippen molar-refractivity contribution in [3.8, 4) is 0 Å². The molecule has 0 spiro atoms. The number of hydrogen-bond acceptors (Lipinski definition) is 3. The Hall–Kier alpha value is -2.64. The minimum absolute atomic E-state index is 0.0213. The SMILES string of the molecule is O=C(CCN1C(=O)[C@@H]2[C@H](C1=O)[C@H]1C=C[C@@H]2C1)Nc1cccc(C(F)(F)F)c1. The lowest BCUT2D eigenvalue weighted by atomic mass is 9.85. The zero-order valence-corrected chi connectivity index (χ0v) is 14.2. The largest absolute Gasteiger partial charge is 0.416 e. The van der Waals surface area contributed by atoms with Gasteiger partial charge in [0.2, 0.25) is 17.7 Å². The first-order valence-electron chi connectivity index (χ1n) is 8.76. The predicted molar refractivity (Wildman–Crippen MR) is 89.1 cm³/mol. The van der Waals surface area contributed by atoms with Crippen LogP contribution >= 0.6 is 0 Å². The zero-order valence-electron chi connectivity index (χ0n) is 14.2. The fourth-order valence-corrected chi connectivity index (χ4v) is 4.39. The van der Waals surface area contributed by atoms with Gasteiger partial charge in [-0.25, -0.2) is 0 Å². The minimum Gasteiger partial charge on any atom is -0.326 e. The summed E-state index contributed by atoms with van der Waals surface area (Å²) in [6, 6.07) is 4.32. The molecular formula is C19H17F3N2O3. The smallest absolute Gasteiger partial charge is 0.326 e. The minimum atomic E-state index is -4.50. The molecule has 2 aliphatic carbocycles. The van der Waals surface area contributed by atoms with E-state index < -0.39 is 17.6 Å². The van der Waals surface area contributed by atoms with Crippen LogP contribution in [0, 0.1) is 23.7 Å². The van der Waals surface area contributed by atoms with Crippen molar-refractivity contribution in [3.63, 3.8) is 0 Å². The van der Waals surface area contributed by atoms with Crippen LogP contribution in [-0.4, -0.2) is 29.2 Å². The summed E-state index contributed by atoms with van der Waals surface area (Å²) in [5.74, 6) is -1.48. The first-order valence-corrected chi connectivity index (χ1v) is 8.76. The van der Waals surface area contributed by atoms with Gasteiger partial charge in [-0.3, -0.25) is 19.3 Å². The van der Waals surface area contributed by atoms with Gasteiger partial charge in [-0.15, -0.1) is 0 Å². The molecule has 0 radical (unpaired) electrons. The van der Waals surface area contributed by atoms with E-state index in [0.717, 1.165) is 23.5 Å². The van der Waals surface area contributed by atoms with Crippen LogP contribution in [0.5, 0.6) is 0 Å². The molecule has 4 rings (SSSR count). The van der Waals surface area contributed by atoms with E-state index in [4.69, 9.17) is 0 Å². The molecule has 8 heteroatoms. The molecule has 4 atom stereocenters. The number of imide groups is 1. The zero-order chi connectivity index (χ0) is 19.3. The first kappa shape index (κ1) is 17.8. The second-order valence-electron chi connectivity index (χ2n) is 7.20. The van der Waals surface area contributed by atoms with Gasteiger partial charge in [0, 0.05) is 18.7 Å². The lowest BCUT2D eigenvalue weighted by molar-refractivity contribution is -0.141. The van der Waals surface area contributed by atoms with Gasteiger partial charge in [-0.2, -0.15) is 13.2 Å². The highest BCUT2D eigenvalue weighted by Gasteiger charge is 2.59. The molecule has 1 heterocycles. The lowest BCUT2D eigenvalue weighted by Gasteiger charge is -2.17. The Balaban J connectivity index is 1.37. The van der Waals surface area contributed by atoms with E-state index in [2.05, 4.69) is 5.32 Å². The molecule has 3 aliphatic rings. The lowest BCUT2D eigenvalue weighted by Crippen LogP contribution is -2.35. The molecule has 1 saturated heterocycles. The Bertz CT molecular complexity index is 819. The maximum Gasteiger partial charge on any atom is 0.416 e. The quantitative estimate of drug-likeness (QED) is 0.647. The van der Waals surface area contributed by atoms with E-state index in [1.807, 2.05) is 12.2 Å². The van der Waals surface area contributed by atoms with Crippen molar-refractivity contribution in [1.82, 2.24) is 4.90 Å². The summed E-state index contributed by atoms with van der Waals surface area (Å²) in [5.41, 5.74) is -0.839. The molecule has 142 valence electrons. The van der Waals surface area contributed by atoms with Crippen molar-refractivity contribution in [3.05, 3.63) is 42.0 Å². The molecule has 1 aliphatic heterocycles. The normalized spacial score (nSPS) is 28.8. The van der Waals surface area contributed by atoms with Gasteiger partial charge in [0.25, 0.3) is 0 Å². The van der Waals surface area contributed by atoms with E-state index in [1.54, 1.807) is 0 Å². The average molecular weight is 378 g/mol. The topological polar surface area (TPSA) is 66.5 Å². The Kier molecular flexibility index (Phi) is 4.09. The summed E-state index contributed by atoms with van der Waals surface area (Å²) in [6.45, 7) is -0.0606. The number of alkyl halides is 3. The van der Waals surface area contributed by atoms with Crippen LogP contribution < -0.4 is 5.32 Å². The number of benzene rings is 1. The van der Waals surface area contributed by atoms with E-state index in [1.165, 1.54) is 12.1 Å². The predicted octanol–water partition coefficient (Wildman–Crippen LogP) is 2.84. The molecular weight excluding hydrogens is 361 g/mol. The maximum atomic E-state index is 12.7. The van der Waals surface area contributed by atoms with E-state index in [0.29, 0.717) is 0 Å². The van der Waals surface area contributed by atoms with Gasteiger partial charge in [-0.1, -0.05) is 18.2 Å². The number of likely N-dealkylation sites (tertiary alicyclic amines) is 1. The van der Waals surface area contributed by atoms with E-state index >= 15 is 0 Å². The van der Waals surface area contributed by atoms with E-state index in [-0.39, 0.29) is 54.1 Å². The fourth-order valence-electron chi connectivity index (χ4n) is 4.39. The van der Waals surface area contributed by atoms with Crippen LogP contribution in [0.25, 0.3) is 0 Å². The molecule has 1 saturated carbocycles. The number of fused-ring (bicyclic) bond motifs is 5. The molecule has 1 N–H and O–H groups in total. The highest BCUT2D eigenvalue weighted by atomic mass is 19.4. The molecule has 2 fully saturated rings. The Morgan fingerprint density at radius 2 is 1.74 bits per heavy atom. The van der Waals surface area contributed by atoms with E-state index in [9.17, 15) is 27.6 Å². The van der Waals surface area contributed by atoms with Gasteiger partial charge in [-0.05, 0) is 36.5 Å². The third kappa shape index (κ3) is 3.02. The second-order valence-corrected chi connectivity index (χ2v) is 7.20. The number of rotatable bonds is 4. The Morgan fingerprint density at radius 3 is 2.33 bits per heavy atom. The number of carbonyl (C=O) groups is 3. The van der Waals surface area contributed by atoms with Gasteiger partial charge in [0.1, 0.15) is 0 Å². The van der Waals surface area contributed by atoms with Gasteiger partial charge < -0.3 is 5.32 Å². The monoisotopic (exact) mass is 378 g/mol. The van der Waals surface area contributed by atoms with Gasteiger partial charge in [0.05, 0.1) is 17.4 Å². The summed E-state index contributed by atoms with van der Waals surface area (Å²) in [5, 5.41) is 2.39. The Labute approximate surface area is 153 Å². The molecule has 2 bridgehead atoms. The van der Waals surface area contributed by atoms with Crippen molar-refractivity contribution >= 4 is 23.4 Å². The van der Waals surface area contributed by atoms with Crippen molar-refractivity contribution in [2.45, 2.75) is 19.0 Å². The van der Waals surface area contributed by atoms with Crippen LogP contribution in [0.2, 0.25) is 0 Å². The van der Waals surface area contributed by atoms with Gasteiger partial charge in [0.15, 0.2) is 0 Å². The van der Waals surface area contributed by atoms with Crippen molar-refractivity contribution < 1.29 is 27.6 Å². The number of anilines is 1. The molecule has 3 amide bonds. The molecule has 0 unspecified atom stereocenters. The number of amides is 3. The van der Waals surface area contributed by atoms with Crippen LogP contribution in [0.15, 0.2) is 36.4 Å². The average Bonchev–Trinajstić information content (AvgIpc) is 3.27. The summed E-state index contributed by atoms with van der Waals surface area (Å²) < 4.78 is 38.2. The summed E-state index contributed by atoms with van der Waals surface area (Å²) in [4.78, 5) is 38.3. The number of halogens is 3. The fraction of sp³-hybridized carbons (Fsp3) is 0.421. The third-order valence-corrected chi connectivity index (χ3v) is 5.60. The number of hydrogen-bond donors (Lipinski definition) is 1. The third-order valence-electron chi connectivity index (χ3n) is 5.60. The number of allylic oxidation sites excluding steroid dienone is 2. The maximum absolute atomic E-state index is 12.7. The van der Waals surface area contributed by atoms with Gasteiger partial charge >= 0.3 is 6.18 Å². The molecule has 1 aromatic rings. The van der Waals surface area contributed by atoms with Crippen LogP contribution in [0.1, 0.15) is 18.4 Å². The number of nitrogens with one attached hydrogen (secondary N) is 1. The standard InChI is InChI=1S/C19H17F3N2O3/c20-19(21,22)12-2-1-3-13(9-12)23-14(25)6-7-24-17(26)15-10-4-5-11(8-10)16(15)18(24)27/h1-5,9-11,15-16H,6-8H2,(H,23,25)/t10-,11+,15+,16-. The second kappa shape index (κ2) is 6.21. The first-order chi connectivity index (χ1) is 12.8. The van der Waals surface area contributed by atoms with Crippen molar-refractivity contribution in [2.75, 3.05) is 11.9 Å². The van der Waals surface area contributed by atoms with Crippen molar-refractivity contribution in [1.29, 1.82) is 0 Å². The van der Waals surface area contributed by atoms with Crippen LogP contribution in [0.4, 0.5) is 18.9 Å². The van der Waals surface area contributed by atoms with Crippen molar-refractivity contribution in [2.24, 2.45) is 23.7 Å². The highest BCUT2D eigenvalue weighted by Crippen LogP contribution is 2.52. The highest BCUT2D eigenvalue weighted by molar-refractivity contribution is 6.06. The summed E-state index contributed by atoms with van der Waals surface area (Å²) >= 11 is 0. The number of carbonyl (C=O) groups excluding carboxylic acids is 3. The number of nitrogens with zero attached hydrogens (tertiary/aromatic N) is 1. The van der Waals surface area contributed by atoms with Crippen LogP contribution in [0.3, 0.4) is 0 Å². The molecule has 27 heavy (non-hydrogen) atoms.